The van der Waals surface area contributed by atoms with Crippen molar-refractivity contribution in [2.24, 2.45) is 14.1 Å². The highest BCUT2D eigenvalue weighted by molar-refractivity contribution is 6.04. The van der Waals surface area contributed by atoms with Crippen LogP contribution in [0.1, 0.15) is 10.4 Å². The first kappa shape index (κ1) is 38.4. The number of aromatic nitrogens is 4. The molecule has 2 fully saturated rings. The van der Waals surface area contributed by atoms with Crippen LogP contribution in [0.2, 0.25) is 0 Å². The number of nitrogens with zero attached hydrogens (tertiary/aromatic N) is 6. The fourth-order valence-electron chi connectivity index (χ4n) is 6.17. The number of rotatable bonds is 12. The summed E-state index contributed by atoms with van der Waals surface area (Å²) in [7, 11) is 3.72. The van der Waals surface area contributed by atoms with E-state index < -0.39 is 17.5 Å². The smallest absolute Gasteiger partial charge is 0.258 e. The van der Waals surface area contributed by atoms with Gasteiger partial charge in [0.15, 0.2) is 0 Å². The topological polar surface area (TPSA) is 134 Å². The Balaban J connectivity index is 0.000000197. The van der Waals surface area contributed by atoms with Gasteiger partial charge in [0, 0.05) is 94.3 Å². The molecule has 0 bridgehead atoms. The molecule has 2 saturated heterocycles. The third-order valence-electron chi connectivity index (χ3n) is 9.15. The van der Waals surface area contributed by atoms with E-state index in [0.29, 0.717) is 30.7 Å². The van der Waals surface area contributed by atoms with Crippen molar-refractivity contribution in [3.8, 4) is 34.0 Å². The number of anilines is 2. The van der Waals surface area contributed by atoms with Crippen molar-refractivity contribution in [1.82, 2.24) is 29.4 Å². The maximum atomic E-state index is 14.0. The third kappa shape index (κ3) is 10.2. The second kappa shape index (κ2) is 18.6. The lowest BCUT2D eigenvalue weighted by Crippen LogP contribution is -2.38. The summed E-state index contributed by atoms with van der Waals surface area (Å²) in [4.78, 5) is 17.1. The summed E-state index contributed by atoms with van der Waals surface area (Å²) >= 11 is 0. The molecule has 5 aromatic rings. The molecule has 7 rings (SSSR count). The van der Waals surface area contributed by atoms with Crippen LogP contribution >= 0.6 is 0 Å². The fourth-order valence-corrected chi connectivity index (χ4v) is 6.17. The number of nitrogens with two attached hydrogens (primary N) is 1. The molecule has 4 heterocycles. The van der Waals surface area contributed by atoms with Crippen LogP contribution in [0.4, 0.5) is 20.2 Å². The van der Waals surface area contributed by atoms with Crippen LogP contribution in [-0.2, 0) is 23.6 Å². The highest BCUT2D eigenvalue weighted by Crippen LogP contribution is 2.33. The van der Waals surface area contributed by atoms with Gasteiger partial charge in [0.1, 0.15) is 36.3 Å². The van der Waals surface area contributed by atoms with Crippen molar-refractivity contribution >= 4 is 17.3 Å². The van der Waals surface area contributed by atoms with Crippen molar-refractivity contribution < 1.29 is 32.5 Å². The Morgan fingerprint density at radius 1 is 0.741 bits per heavy atom. The van der Waals surface area contributed by atoms with E-state index in [0.717, 1.165) is 112 Å². The van der Waals surface area contributed by atoms with E-state index in [4.69, 9.17) is 24.7 Å². The zero-order valence-electron chi connectivity index (χ0n) is 30.5. The Bertz CT molecular complexity index is 1990. The van der Waals surface area contributed by atoms with Crippen molar-refractivity contribution in [2.75, 3.05) is 90.0 Å². The van der Waals surface area contributed by atoms with Crippen LogP contribution in [0.3, 0.4) is 0 Å². The van der Waals surface area contributed by atoms with Crippen LogP contribution in [0.5, 0.6) is 11.5 Å². The first-order chi connectivity index (χ1) is 26.2. The van der Waals surface area contributed by atoms with Gasteiger partial charge in [-0.1, -0.05) is 0 Å². The number of halogens is 2. The average molecular weight is 745 g/mol. The molecular weight excluding hydrogens is 698 g/mol. The minimum absolute atomic E-state index is 0.237. The minimum Gasteiger partial charge on any atom is -0.492 e. The average Bonchev–Trinajstić information content (AvgIpc) is 3.81. The van der Waals surface area contributed by atoms with Gasteiger partial charge in [-0.3, -0.25) is 24.0 Å². The predicted octanol–water partition coefficient (Wildman–Crippen LogP) is 4.71. The van der Waals surface area contributed by atoms with Crippen molar-refractivity contribution in [2.45, 2.75) is 0 Å². The van der Waals surface area contributed by atoms with Gasteiger partial charge in [-0.2, -0.15) is 10.2 Å². The van der Waals surface area contributed by atoms with E-state index in [1.165, 1.54) is 0 Å². The van der Waals surface area contributed by atoms with Gasteiger partial charge in [-0.25, -0.2) is 8.78 Å². The van der Waals surface area contributed by atoms with Gasteiger partial charge in [-0.05, 0) is 60.7 Å². The highest BCUT2D eigenvalue weighted by atomic mass is 19.1. The molecule has 0 saturated carbocycles. The summed E-state index contributed by atoms with van der Waals surface area (Å²) in [6.07, 6.45) is 3.45. The Morgan fingerprint density at radius 3 is 1.80 bits per heavy atom. The van der Waals surface area contributed by atoms with Crippen LogP contribution in [0, 0.1) is 11.6 Å². The first-order valence-electron chi connectivity index (χ1n) is 17.9. The van der Waals surface area contributed by atoms with E-state index in [1.54, 1.807) is 35.3 Å². The number of morpholine rings is 2. The molecule has 13 nitrogen and oxygen atoms in total. The molecule has 2 aliphatic rings. The summed E-state index contributed by atoms with van der Waals surface area (Å²) in [5.74, 6) is -0.841. The van der Waals surface area contributed by atoms with Crippen LogP contribution < -0.4 is 20.5 Å². The number of hydrogen-bond donors (Lipinski definition) is 2. The Morgan fingerprint density at radius 2 is 1.28 bits per heavy atom. The molecule has 15 heteroatoms. The number of hydrogen-bond acceptors (Lipinski definition) is 10. The minimum atomic E-state index is -0.919. The highest BCUT2D eigenvalue weighted by Gasteiger charge is 2.17. The van der Waals surface area contributed by atoms with Crippen LogP contribution in [0.15, 0.2) is 79.1 Å². The SMILES string of the molecule is Cn1nccc1-c1cc(N)ccc1OCCN1CCOCC1.Cn1nccc1-c1cc(NC(=O)c2ccc(F)cc2F)ccc1OCCN1CCOCC1. The second-order valence-corrected chi connectivity index (χ2v) is 12.8. The molecule has 0 aliphatic carbocycles. The standard InChI is InChI=1S/C23H24F2N4O3.C16H22N4O2/c1-28-21(6-7-26-28)19-15-17(27-23(30)18-4-2-16(24)14-20(18)25)3-5-22(19)32-13-10-29-8-11-31-12-9-29;1-19-15(4-5-18-19)14-12-13(17)2-3-16(14)22-11-8-20-6-9-21-10-7-20/h2-7,14-15H,8-13H2,1H3,(H,27,30);2-5,12H,6-11,17H2,1H3. The number of carbonyl (C=O) groups excluding carboxylic acids is 1. The Labute approximate surface area is 313 Å². The summed E-state index contributed by atoms with van der Waals surface area (Å²) in [5, 5.41) is 11.1. The Hall–Kier alpha value is -5.35. The monoisotopic (exact) mass is 744 g/mol. The molecule has 3 aromatic carbocycles. The van der Waals surface area contributed by atoms with Crippen molar-refractivity contribution in [1.29, 1.82) is 0 Å². The van der Waals surface area contributed by atoms with E-state index in [1.807, 2.05) is 49.1 Å². The van der Waals surface area contributed by atoms with Crippen molar-refractivity contribution in [3.05, 3.63) is 96.3 Å². The van der Waals surface area contributed by atoms with E-state index in [9.17, 15) is 13.6 Å². The van der Waals surface area contributed by atoms with Crippen LogP contribution in [0.25, 0.3) is 22.5 Å². The predicted molar refractivity (Wildman–Crippen MR) is 202 cm³/mol. The normalized spacial score (nSPS) is 15.0. The molecular formula is C39H46F2N8O5. The Kier molecular flexibility index (Phi) is 13.2. The van der Waals surface area contributed by atoms with Gasteiger partial charge in [0.2, 0.25) is 0 Å². The first-order valence-corrected chi connectivity index (χ1v) is 17.9. The number of benzene rings is 3. The molecule has 0 unspecified atom stereocenters. The lowest BCUT2D eigenvalue weighted by atomic mass is 10.1. The molecule has 0 atom stereocenters. The van der Waals surface area contributed by atoms with Crippen molar-refractivity contribution in [3.63, 3.8) is 0 Å². The lowest BCUT2D eigenvalue weighted by Gasteiger charge is -2.26. The van der Waals surface area contributed by atoms with E-state index in [2.05, 4.69) is 25.3 Å². The fraction of sp³-hybridized carbons (Fsp3) is 0.359. The molecule has 2 aromatic heterocycles. The van der Waals surface area contributed by atoms with E-state index >= 15 is 0 Å². The third-order valence-corrected chi connectivity index (χ3v) is 9.15. The molecule has 54 heavy (non-hydrogen) atoms. The number of ether oxygens (including phenoxy) is 4. The summed E-state index contributed by atoms with van der Waals surface area (Å²) < 4.78 is 53.4. The van der Waals surface area contributed by atoms with Gasteiger partial charge in [0.25, 0.3) is 5.91 Å². The van der Waals surface area contributed by atoms with Crippen LogP contribution in [-0.4, -0.2) is 114 Å². The number of amides is 1. The van der Waals surface area contributed by atoms with Gasteiger partial charge in [0.05, 0.1) is 43.4 Å². The quantitative estimate of drug-likeness (QED) is 0.173. The van der Waals surface area contributed by atoms with Gasteiger partial charge < -0.3 is 30.0 Å². The molecule has 3 N–H and O–H groups in total. The number of nitrogen functional groups attached to an aromatic ring is 1. The lowest BCUT2D eigenvalue weighted by molar-refractivity contribution is 0.0322. The molecule has 0 spiro atoms. The number of carbonyl (C=O) groups is 1. The molecule has 1 amide bonds. The van der Waals surface area contributed by atoms with E-state index in [-0.39, 0.29) is 5.56 Å². The zero-order valence-corrected chi connectivity index (χ0v) is 30.5. The van der Waals surface area contributed by atoms with Gasteiger partial charge >= 0.3 is 0 Å². The zero-order chi connectivity index (χ0) is 37.9. The maximum absolute atomic E-state index is 14.0. The summed E-state index contributed by atoms with van der Waals surface area (Å²) in [5.41, 5.74) is 10.4. The molecule has 2 aliphatic heterocycles. The largest absolute Gasteiger partial charge is 0.492 e. The number of aryl methyl sites for hydroxylation is 2. The number of nitrogens with one attached hydrogen (secondary N) is 1. The summed E-state index contributed by atoms with van der Waals surface area (Å²) in [6.45, 7) is 9.59. The molecule has 286 valence electrons. The summed E-state index contributed by atoms with van der Waals surface area (Å²) in [6, 6.07) is 17.6. The second-order valence-electron chi connectivity index (χ2n) is 12.8. The van der Waals surface area contributed by atoms with Gasteiger partial charge in [-0.15, -0.1) is 0 Å². The maximum Gasteiger partial charge on any atom is 0.258 e. The molecule has 0 radical (unpaired) electrons.